The summed E-state index contributed by atoms with van der Waals surface area (Å²) in [4.78, 5) is 22.1. The van der Waals surface area contributed by atoms with Crippen LogP contribution in [0.5, 0.6) is 0 Å². The van der Waals surface area contributed by atoms with Crippen molar-refractivity contribution < 1.29 is 19.1 Å². The summed E-state index contributed by atoms with van der Waals surface area (Å²) in [6, 6.07) is 0. The Morgan fingerprint density at radius 1 is 0.882 bits per heavy atom. The molecule has 0 atom stereocenters. The molecular formula is C12H20O4Sn. The number of esters is 2. The van der Waals surface area contributed by atoms with E-state index in [0.29, 0.717) is 13.2 Å². The quantitative estimate of drug-likeness (QED) is 0.291. The van der Waals surface area contributed by atoms with Crippen LogP contribution in [0.4, 0.5) is 0 Å². The van der Waals surface area contributed by atoms with Crippen molar-refractivity contribution >= 4 is 35.8 Å². The fourth-order valence-corrected chi connectivity index (χ4v) is 0.867. The SMILES string of the molecule is CCCCOC(=O)/C=C\C(=O)OCCCC.[Sn]. The van der Waals surface area contributed by atoms with Gasteiger partial charge in [-0.25, -0.2) is 9.59 Å². The molecule has 0 spiro atoms. The summed E-state index contributed by atoms with van der Waals surface area (Å²) >= 11 is 0. The van der Waals surface area contributed by atoms with Gasteiger partial charge in [-0.15, -0.1) is 0 Å². The predicted octanol–water partition coefficient (Wildman–Crippen LogP) is 1.85. The van der Waals surface area contributed by atoms with Crippen molar-refractivity contribution in [3.05, 3.63) is 12.2 Å². The summed E-state index contributed by atoms with van der Waals surface area (Å²) < 4.78 is 9.65. The minimum absolute atomic E-state index is 0. The van der Waals surface area contributed by atoms with Gasteiger partial charge in [-0.1, -0.05) is 26.7 Å². The van der Waals surface area contributed by atoms with Gasteiger partial charge in [0.15, 0.2) is 0 Å². The van der Waals surface area contributed by atoms with Gasteiger partial charge in [0.1, 0.15) is 0 Å². The zero-order valence-corrected chi connectivity index (χ0v) is 13.4. The molecule has 0 N–H and O–H groups in total. The average Bonchev–Trinajstić information content (AvgIpc) is 2.27. The van der Waals surface area contributed by atoms with E-state index in [9.17, 15) is 9.59 Å². The third-order valence-electron chi connectivity index (χ3n) is 1.84. The van der Waals surface area contributed by atoms with Gasteiger partial charge in [-0.05, 0) is 12.8 Å². The summed E-state index contributed by atoms with van der Waals surface area (Å²) in [6.45, 7) is 4.80. The van der Waals surface area contributed by atoms with Crippen molar-refractivity contribution in [3.63, 3.8) is 0 Å². The second-order valence-electron chi connectivity index (χ2n) is 3.38. The van der Waals surface area contributed by atoms with Gasteiger partial charge in [0, 0.05) is 36.1 Å². The van der Waals surface area contributed by atoms with Crippen molar-refractivity contribution in [2.24, 2.45) is 0 Å². The van der Waals surface area contributed by atoms with Crippen molar-refractivity contribution in [1.82, 2.24) is 0 Å². The average molecular weight is 347 g/mol. The first kappa shape index (κ1) is 18.8. The predicted molar refractivity (Wildman–Crippen MR) is 66.6 cm³/mol. The fraction of sp³-hybridized carbons (Fsp3) is 0.667. The molecule has 0 bridgehead atoms. The second-order valence-corrected chi connectivity index (χ2v) is 3.38. The van der Waals surface area contributed by atoms with Crippen LogP contribution >= 0.6 is 0 Å². The molecule has 0 heterocycles. The van der Waals surface area contributed by atoms with Gasteiger partial charge in [0.05, 0.1) is 13.2 Å². The Balaban J connectivity index is 0. The maximum absolute atomic E-state index is 11.0. The summed E-state index contributed by atoms with van der Waals surface area (Å²) in [6.07, 6.45) is 5.81. The Hall–Kier alpha value is -0.521. The number of unbranched alkanes of at least 4 members (excludes halogenated alkanes) is 2. The molecule has 96 valence electrons. The second kappa shape index (κ2) is 13.5. The molecular weight excluding hydrogens is 327 g/mol. The topological polar surface area (TPSA) is 52.6 Å². The molecule has 4 nitrogen and oxygen atoms in total. The minimum Gasteiger partial charge on any atom is -0.463 e. The van der Waals surface area contributed by atoms with E-state index < -0.39 is 11.9 Å². The Labute approximate surface area is 120 Å². The number of carbonyl (C=O) groups is 2. The number of ether oxygens (including phenoxy) is 2. The maximum atomic E-state index is 11.0. The molecule has 0 aromatic carbocycles. The van der Waals surface area contributed by atoms with Crippen LogP contribution in [0.25, 0.3) is 0 Å². The van der Waals surface area contributed by atoms with Gasteiger partial charge >= 0.3 is 11.9 Å². The number of carbonyl (C=O) groups excluding carboxylic acids is 2. The molecule has 0 aliphatic rings. The largest absolute Gasteiger partial charge is 0.463 e. The van der Waals surface area contributed by atoms with Crippen LogP contribution in [0.1, 0.15) is 39.5 Å². The van der Waals surface area contributed by atoms with Crippen LogP contribution < -0.4 is 0 Å². The number of hydrogen-bond donors (Lipinski definition) is 0. The van der Waals surface area contributed by atoms with E-state index in [-0.39, 0.29) is 23.9 Å². The molecule has 0 saturated heterocycles. The van der Waals surface area contributed by atoms with Crippen molar-refractivity contribution in [3.8, 4) is 0 Å². The first-order valence-electron chi connectivity index (χ1n) is 5.72. The molecule has 17 heavy (non-hydrogen) atoms. The number of hydrogen-bond acceptors (Lipinski definition) is 4. The van der Waals surface area contributed by atoms with Crippen LogP contribution in [0.3, 0.4) is 0 Å². The first-order valence-corrected chi connectivity index (χ1v) is 5.72. The van der Waals surface area contributed by atoms with E-state index >= 15 is 0 Å². The van der Waals surface area contributed by atoms with Crippen molar-refractivity contribution in [1.29, 1.82) is 0 Å². The van der Waals surface area contributed by atoms with E-state index in [1.807, 2.05) is 13.8 Å². The third kappa shape index (κ3) is 13.4. The molecule has 0 aliphatic heterocycles. The van der Waals surface area contributed by atoms with E-state index in [0.717, 1.165) is 37.8 Å². The van der Waals surface area contributed by atoms with Crippen molar-refractivity contribution in [2.45, 2.75) is 39.5 Å². The molecule has 0 unspecified atom stereocenters. The van der Waals surface area contributed by atoms with Gasteiger partial charge in [-0.3, -0.25) is 0 Å². The van der Waals surface area contributed by atoms with Gasteiger partial charge in [0.25, 0.3) is 0 Å². The normalized spacial score (nSPS) is 9.76. The maximum Gasteiger partial charge on any atom is 0.331 e. The van der Waals surface area contributed by atoms with E-state index in [2.05, 4.69) is 0 Å². The molecule has 5 heteroatoms. The third-order valence-corrected chi connectivity index (χ3v) is 1.84. The summed E-state index contributed by atoms with van der Waals surface area (Å²) in [7, 11) is 0. The molecule has 0 aromatic heterocycles. The van der Waals surface area contributed by atoms with E-state index in [4.69, 9.17) is 9.47 Å². The number of rotatable bonds is 8. The molecule has 0 amide bonds. The molecule has 0 aromatic rings. The molecule has 0 saturated carbocycles. The van der Waals surface area contributed by atoms with E-state index in [1.54, 1.807) is 0 Å². The molecule has 0 fully saturated rings. The summed E-state index contributed by atoms with van der Waals surface area (Å²) in [5, 5.41) is 0. The van der Waals surface area contributed by atoms with E-state index in [1.165, 1.54) is 0 Å². The Kier molecular flexibility index (Phi) is 15.0. The van der Waals surface area contributed by atoms with Gasteiger partial charge < -0.3 is 9.47 Å². The monoisotopic (exact) mass is 348 g/mol. The zero-order valence-electron chi connectivity index (χ0n) is 10.5. The summed E-state index contributed by atoms with van der Waals surface area (Å²) in [5.41, 5.74) is 0. The molecule has 0 rings (SSSR count). The fourth-order valence-electron chi connectivity index (χ4n) is 0.867. The van der Waals surface area contributed by atoms with Crippen LogP contribution in [-0.2, 0) is 19.1 Å². The van der Waals surface area contributed by atoms with Gasteiger partial charge in [-0.2, -0.15) is 0 Å². The molecule has 0 aliphatic carbocycles. The Morgan fingerprint density at radius 3 is 1.53 bits per heavy atom. The first-order chi connectivity index (χ1) is 7.70. The van der Waals surface area contributed by atoms with Crippen LogP contribution in [-0.4, -0.2) is 49.1 Å². The summed E-state index contributed by atoms with van der Waals surface area (Å²) in [5.74, 6) is -0.998. The Morgan fingerprint density at radius 2 is 1.24 bits per heavy atom. The smallest absolute Gasteiger partial charge is 0.331 e. The van der Waals surface area contributed by atoms with Crippen LogP contribution in [0.2, 0.25) is 0 Å². The van der Waals surface area contributed by atoms with Crippen LogP contribution in [0, 0.1) is 0 Å². The standard InChI is InChI=1S/C12H20O4.Sn/c1-3-5-9-15-11(13)7-8-12(14)16-10-6-4-2;/h7-8H,3-6,9-10H2,1-2H3;/b8-7-;. The van der Waals surface area contributed by atoms with Gasteiger partial charge in [0.2, 0.25) is 0 Å². The minimum atomic E-state index is -0.499. The van der Waals surface area contributed by atoms with Crippen LogP contribution in [0.15, 0.2) is 12.2 Å². The molecule has 4 radical (unpaired) electrons. The Bertz CT molecular complexity index is 215. The van der Waals surface area contributed by atoms with Crippen molar-refractivity contribution in [2.75, 3.05) is 13.2 Å². The zero-order chi connectivity index (χ0) is 12.2.